The van der Waals surface area contributed by atoms with E-state index in [9.17, 15) is 0 Å². The van der Waals surface area contributed by atoms with Crippen LogP contribution in [0.4, 0.5) is 0 Å². The molecule has 0 heterocycles. The van der Waals surface area contributed by atoms with Gasteiger partial charge < -0.3 is 5.32 Å². The first kappa shape index (κ1) is 14.2. The first-order valence-corrected chi connectivity index (χ1v) is 6.85. The largest absolute Gasteiger partial charge is 0.311 e. The second kappa shape index (κ2) is 6.80. The number of rotatable bonds is 6. The Morgan fingerprint density at radius 2 is 1.76 bits per heavy atom. The molecule has 1 aromatic rings. The monoisotopic (exact) mass is 233 g/mol. The summed E-state index contributed by atoms with van der Waals surface area (Å²) in [6.45, 7) is 11.3. The average molecular weight is 233 g/mol. The van der Waals surface area contributed by atoms with Gasteiger partial charge in [-0.05, 0) is 43.7 Å². The summed E-state index contributed by atoms with van der Waals surface area (Å²) >= 11 is 0. The summed E-state index contributed by atoms with van der Waals surface area (Å²) in [6, 6.07) is 9.86. The van der Waals surface area contributed by atoms with E-state index in [1.807, 2.05) is 0 Å². The lowest BCUT2D eigenvalue weighted by molar-refractivity contribution is 0.351. The van der Waals surface area contributed by atoms with Crippen LogP contribution in [0.15, 0.2) is 24.3 Å². The molecule has 0 amide bonds. The Kier molecular flexibility index (Phi) is 5.70. The van der Waals surface area contributed by atoms with E-state index in [0.717, 1.165) is 6.42 Å². The molecule has 0 aromatic heterocycles. The van der Waals surface area contributed by atoms with Crippen molar-refractivity contribution in [3.05, 3.63) is 35.4 Å². The van der Waals surface area contributed by atoms with Crippen molar-refractivity contribution in [3.8, 4) is 0 Å². The highest BCUT2D eigenvalue weighted by Gasteiger charge is 2.14. The molecule has 0 spiro atoms. The molecule has 0 aliphatic carbocycles. The van der Waals surface area contributed by atoms with Gasteiger partial charge in [-0.3, -0.25) is 0 Å². The number of hydrogen-bond donors (Lipinski definition) is 1. The number of nitrogens with one attached hydrogen (secondary N) is 1. The number of aryl methyl sites for hydroxylation is 1. The first-order chi connectivity index (χ1) is 8.04. The molecular weight excluding hydrogens is 206 g/mol. The van der Waals surface area contributed by atoms with E-state index in [1.54, 1.807) is 0 Å². The van der Waals surface area contributed by atoms with Crippen LogP contribution in [0.2, 0.25) is 0 Å². The smallest absolute Gasteiger partial charge is 0.00900 e. The van der Waals surface area contributed by atoms with Crippen molar-refractivity contribution < 1.29 is 0 Å². The average Bonchev–Trinajstić information content (AvgIpc) is 2.28. The van der Waals surface area contributed by atoms with E-state index < -0.39 is 0 Å². The zero-order valence-electron chi connectivity index (χ0n) is 12.0. The topological polar surface area (TPSA) is 12.0 Å². The van der Waals surface area contributed by atoms with Gasteiger partial charge in [0.05, 0.1) is 0 Å². The molecule has 1 rings (SSSR count). The van der Waals surface area contributed by atoms with Crippen molar-refractivity contribution in [1.82, 2.24) is 5.32 Å². The lowest BCUT2D eigenvalue weighted by atomic mass is 9.98. The minimum Gasteiger partial charge on any atom is -0.311 e. The Labute approximate surface area is 107 Å². The van der Waals surface area contributed by atoms with Gasteiger partial charge in [0, 0.05) is 12.1 Å². The van der Waals surface area contributed by atoms with Crippen molar-refractivity contribution in [3.63, 3.8) is 0 Å². The molecular formula is C16H27N. The Balaban J connectivity index is 2.55. The summed E-state index contributed by atoms with van der Waals surface area (Å²) in [5.41, 5.74) is 2.87. The number of hydrogen-bond acceptors (Lipinski definition) is 1. The third-order valence-electron chi connectivity index (χ3n) is 3.53. The molecule has 17 heavy (non-hydrogen) atoms. The van der Waals surface area contributed by atoms with Gasteiger partial charge in [0.1, 0.15) is 0 Å². The van der Waals surface area contributed by atoms with Crippen LogP contribution < -0.4 is 5.32 Å². The summed E-state index contributed by atoms with van der Waals surface area (Å²) in [5, 5.41) is 3.74. The van der Waals surface area contributed by atoms with Gasteiger partial charge in [-0.25, -0.2) is 0 Å². The fourth-order valence-corrected chi connectivity index (χ4v) is 2.38. The fourth-order valence-electron chi connectivity index (χ4n) is 2.38. The predicted octanol–water partition coefficient (Wildman–Crippen LogP) is 3.95. The van der Waals surface area contributed by atoms with E-state index in [-0.39, 0.29) is 0 Å². The first-order valence-electron chi connectivity index (χ1n) is 6.85. The molecule has 1 aromatic carbocycles. The maximum atomic E-state index is 3.74. The summed E-state index contributed by atoms with van der Waals surface area (Å²) < 4.78 is 0. The van der Waals surface area contributed by atoms with Crippen molar-refractivity contribution >= 4 is 0 Å². The molecule has 0 fully saturated rings. The molecule has 1 N–H and O–H groups in total. The highest BCUT2D eigenvalue weighted by atomic mass is 14.9. The second-order valence-corrected chi connectivity index (χ2v) is 5.46. The van der Waals surface area contributed by atoms with Gasteiger partial charge >= 0.3 is 0 Å². The Morgan fingerprint density at radius 3 is 2.29 bits per heavy atom. The zero-order valence-corrected chi connectivity index (χ0v) is 12.0. The van der Waals surface area contributed by atoms with Gasteiger partial charge in [0.2, 0.25) is 0 Å². The SMILES string of the molecule is CCC(NC(C)Cc1ccccc1C)C(C)C. The summed E-state index contributed by atoms with van der Waals surface area (Å²) in [4.78, 5) is 0. The van der Waals surface area contributed by atoms with Crippen LogP contribution in [0.5, 0.6) is 0 Å². The highest BCUT2D eigenvalue weighted by molar-refractivity contribution is 5.26. The predicted molar refractivity (Wildman–Crippen MR) is 76.4 cm³/mol. The molecule has 96 valence electrons. The normalized spacial score (nSPS) is 14.9. The molecule has 2 unspecified atom stereocenters. The fraction of sp³-hybridized carbons (Fsp3) is 0.625. The molecule has 1 nitrogen and oxygen atoms in total. The van der Waals surface area contributed by atoms with E-state index in [2.05, 4.69) is 64.2 Å². The third kappa shape index (κ3) is 4.51. The summed E-state index contributed by atoms with van der Waals surface area (Å²) in [5.74, 6) is 0.708. The quantitative estimate of drug-likeness (QED) is 0.784. The van der Waals surface area contributed by atoms with Crippen LogP contribution in [0.1, 0.15) is 45.2 Å². The van der Waals surface area contributed by atoms with Crippen LogP contribution in [-0.2, 0) is 6.42 Å². The molecule has 0 bridgehead atoms. The van der Waals surface area contributed by atoms with Crippen molar-refractivity contribution in [2.24, 2.45) is 5.92 Å². The zero-order chi connectivity index (χ0) is 12.8. The second-order valence-electron chi connectivity index (χ2n) is 5.46. The van der Waals surface area contributed by atoms with Crippen molar-refractivity contribution in [2.75, 3.05) is 0 Å². The van der Waals surface area contributed by atoms with Crippen LogP contribution in [0.3, 0.4) is 0 Å². The molecule has 2 atom stereocenters. The van der Waals surface area contributed by atoms with Crippen LogP contribution >= 0.6 is 0 Å². The summed E-state index contributed by atoms with van der Waals surface area (Å²) in [6.07, 6.45) is 2.33. The Morgan fingerprint density at radius 1 is 1.12 bits per heavy atom. The molecule has 0 aliphatic heterocycles. The number of benzene rings is 1. The maximum Gasteiger partial charge on any atom is 0.00900 e. The lowest BCUT2D eigenvalue weighted by Gasteiger charge is -2.25. The van der Waals surface area contributed by atoms with Gasteiger partial charge in [-0.15, -0.1) is 0 Å². The van der Waals surface area contributed by atoms with E-state index >= 15 is 0 Å². The van der Waals surface area contributed by atoms with Crippen LogP contribution in [0, 0.1) is 12.8 Å². The molecule has 0 aliphatic rings. The van der Waals surface area contributed by atoms with Crippen molar-refractivity contribution in [2.45, 2.75) is 59.5 Å². The van der Waals surface area contributed by atoms with Crippen LogP contribution in [-0.4, -0.2) is 12.1 Å². The standard InChI is InChI=1S/C16H27N/c1-6-16(12(2)3)17-14(5)11-15-10-8-7-9-13(15)4/h7-10,12,14,16-17H,6,11H2,1-5H3. The maximum absolute atomic E-state index is 3.74. The minimum atomic E-state index is 0.545. The van der Waals surface area contributed by atoms with E-state index in [4.69, 9.17) is 0 Å². The van der Waals surface area contributed by atoms with Gasteiger partial charge in [-0.1, -0.05) is 45.0 Å². The third-order valence-corrected chi connectivity index (χ3v) is 3.53. The van der Waals surface area contributed by atoms with Gasteiger partial charge in [0.15, 0.2) is 0 Å². The van der Waals surface area contributed by atoms with E-state index in [0.29, 0.717) is 18.0 Å². The highest BCUT2D eigenvalue weighted by Crippen LogP contribution is 2.12. The Bertz CT molecular complexity index is 330. The van der Waals surface area contributed by atoms with Crippen LogP contribution in [0.25, 0.3) is 0 Å². The van der Waals surface area contributed by atoms with Gasteiger partial charge in [-0.2, -0.15) is 0 Å². The minimum absolute atomic E-state index is 0.545. The lowest BCUT2D eigenvalue weighted by Crippen LogP contribution is -2.40. The van der Waals surface area contributed by atoms with E-state index in [1.165, 1.54) is 17.5 Å². The summed E-state index contributed by atoms with van der Waals surface area (Å²) in [7, 11) is 0. The molecule has 0 saturated heterocycles. The Hall–Kier alpha value is -0.820. The van der Waals surface area contributed by atoms with Gasteiger partial charge in [0.25, 0.3) is 0 Å². The molecule has 0 radical (unpaired) electrons. The molecule has 1 heteroatoms. The van der Waals surface area contributed by atoms with Crippen molar-refractivity contribution in [1.29, 1.82) is 0 Å². The molecule has 0 saturated carbocycles.